The van der Waals surface area contributed by atoms with E-state index in [0.717, 1.165) is 12.1 Å². The van der Waals surface area contributed by atoms with Gasteiger partial charge < -0.3 is 10.7 Å². The number of fused-ring (bicyclic) bond motifs is 1. The third-order valence-corrected chi connectivity index (χ3v) is 5.80. The third kappa shape index (κ3) is 4.45. The molecule has 3 aromatic rings. The highest BCUT2D eigenvalue weighted by atomic mass is 19.1. The molecule has 0 aliphatic rings. The maximum Gasteiger partial charge on any atom is 0.255 e. The third-order valence-electron chi connectivity index (χ3n) is 5.80. The van der Waals surface area contributed by atoms with Crippen LogP contribution >= 0.6 is 0 Å². The smallest absolute Gasteiger partial charge is 0.255 e. The van der Waals surface area contributed by atoms with E-state index in [1.165, 1.54) is 30.5 Å². The second-order valence-corrected chi connectivity index (χ2v) is 7.92. The van der Waals surface area contributed by atoms with E-state index < -0.39 is 46.5 Å². The molecule has 0 saturated carbocycles. The Hall–Kier alpha value is -3.39. The van der Waals surface area contributed by atoms with Crippen molar-refractivity contribution >= 4 is 22.5 Å². The van der Waals surface area contributed by atoms with E-state index >= 15 is 0 Å². The van der Waals surface area contributed by atoms with E-state index in [1.807, 2.05) is 13.8 Å². The number of primary amides is 1. The number of hydrogen-bond acceptors (Lipinski definition) is 4. The van der Waals surface area contributed by atoms with E-state index in [1.54, 1.807) is 6.92 Å². The van der Waals surface area contributed by atoms with Gasteiger partial charge in [0.25, 0.3) is 5.56 Å². The van der Waals surface area contributed by atoms with Crippen LogP contribution < -0.4 is 16.6 Å². The molecule has 0 aliphatic heterocycles. The second-order valence-electron chi connectivity index (χ2n) is 7.92. The van der Waals surface area contributed by atoms with Crippen LogP contribution in [-0.4, -0.2) is 22.7 Å². The van der Waals surface area contributed by atoms with Gasteiger partial charge in [0.15, 0.2) is 5.78 Å². The zero-order valence-corrected chi connectivity index (χ0v) is 18.0. The standard InChI is InChI=1S/C24H25F2N3O3/c1-4-12(2)21(23(27)31)29-13(3)14-10-18(25)20(19(26)11-14)22(30)16-6-5-7-17-15(16)8-9-28-24(17)32/h5-13,21,29H,4H2,1-3H3,(H2,27,31)(H,28,32)/t12-,13?,21-/m0/s1. The summed E-state index contributed by atoms with van der Waals surface area (Å²) in [5, 5.41) is 3.57. The van der Waals surface area contributed by atoms with Crippen LogP contribution in [0.5, 0.6) is 0 Å². The number of amides is 1. The Labute approximate surface area is 183 Å². The van der Waals surface area contributed by atoms with Crippen LogP contribution in [0.15, 0.2) is 47.4 Å². The normalized spacial score (nSPS) is 14.2. The van der Waals surface area contributed by atoms with Gasteiger partial charge in [0, 0.05) is 23.2 Å². The lowest BCUT2D eigenvalue weighted by atomic mass is 9.94. The van der Waals surface area contributed by atoms with Gasteiger partial charge in [-0.15, -0.1) is 0 Å². The van der Waals surface area contributed by atoms with Gasteiger partial charge in [0.1, 0.15) is 11.6 Å². The molecule has 1 heterocycles. The average Bonchev–Trinajstić information content (AvgIpc) is 2.75. The molecule has 2 aromatic carbocycles. The summed E-state index contributed by atoms with van der Waals surface area (Å²) in [6.07, 6.45) is 2.06. The molecule has 0 aliphatic carbocycles. The van der Waals surface area contributed by atoms with E-state index in [9.17, 15) is 23.2 Å². The maximum atomic E-state index is 15.0. The minimum atomic E-state index is -1.03. The SMILES string of the molecule is CC[C@H](C)[C@H](NC(C)c1cc(F)c(C(=O)c2cccc3c(=O)[nH]ccc23)c(F)c1)C(N)=O. The molecule has 32 heavy (non-hydrogen) atoms. The number of halogens is 2. The van der Waals surface area contributed by atoms with Crippen molar-refractivity contribution in [3.8, 4) is 0 Å². The molecule has 6 nitrogen and oxygen atoms in total. The molecule has 1 aromatic heterocycles. The van der Waals surface area contributed by atoms with Gasteiger partial charge >= 0.3 is 0 Å². The topological polar surface area (TPSA) is 105 Å². The average molecular weight is 441 g/mol. The van der Waals surface area contributed by atoms with Crippen LogP contribution in [0.4, 0.5) is 8.78 Å². The minimum absolute atomic E-state index is 0.0240. The van der Waals surface area contributed by atoms with Crippen LogP contribution in [0.3, 0.4) is 0 Å². The maximum absolute atomic E-state index is 15.0. The highest BCUT2D eigenvalue weighted by Crippen LogP contribution is 2.26. The highest BCUT2D eigenvalue weighted by molar-refractivity contribution is 6.16. The number of aromatic nitrogens is 1. The number of carbonyl (C=O) groups is 2. The lowest BCUT2D eigenvalue weighted by molar-refractivity contribution is -0.121. The van der Waals surface area contributed by atoms with Crippen LogP contribution in [0.25, 0.3) is 10.8 Å². The first kappa shape index (κ1) is 23.3. The monoisotopic (exact) mass is 441 g/mol. The van der Waals surface area contributed by atoms with Crippen molar-refractivity contribution in [1.29, 1.82) is 0 Å². The Morgan fingerprint density at radius 1 is 1.09 bits per heavy atom. The number of nitrogens with one attached hydrogen (secondary N) is 2. The van der Waals surface area contributed by atoms with Crippen molar-refractivity contribution in [3.05, 3.63) is 81.3 Å². The molecule has 0 fully saturated rings. The number of ketones is 1. The molecule has 3 rings (SSSR count). The van der Waals surface area contributed by atoms with Gasteiger partial charge in [0.2, 0.25) is 5.91 Å². The zero-order valence-electron chi connectivity index (χ0n) is 18.0. The van der Waals surface area contributed by atoms with Gasteiger partial charge in [-0.3, -0.25) is 19.7 Å². The summed E-state index contributed by atoms with van der Waals surface area (Å²) in [5.41, 5.74) is 4.62. The number of carbonyl (C=O) groups excluding carboxylic acids is 2. The van der Waals surface area contributed by atoms with Gasteiger partial charge in [-0.25, -0.2) is 8.78 Å². The predicted molar refractivity (Wildman–Crippen MR) is 118 cm³/mol. The minimum Gasteiger partial charge on any atom is -0.368 e. The number of hydrogen-bond donors (Lipinski definition) is 3. The predicted octanol–water partition coefficient (Wildman–Crippen LogP) is 3.59. The molecule has 0 bridgehead atoms. The summed E-state index contributed by atoms with van der Waals surface area (Å²) < 4.78 is 29.9. The van der Waals surface area contributed by atoms with Crippen LogP contribution in [-0.2, 0) is 4.79 Å². The molecular weight excluding hydrogens is 416 g/mol. The van der Waals surface area contributed by atoms with Crippen LogP contribution in [0, 0.1) is 17.6 Å². The Morgan fingerprint density at radius 2 is 1.75 bits per heavy atom. The molecule has 0 spiro atoms. The molecule has 1 unspecified atom stereocenters. The van der Waals surface area contributed by atoms with Crippen molar-refractivity contribution in [1.82, 2.24) is 10.3 Å². The van der Waals surface area contributed by atoms with E-state index in [4.69, 9.17) is 5.73 Å². The molecule has 168 valence electrons. The van der Waals surface area contributed by atoms with Crippen molar-refractivity contribution in [2.45, 2.75) is 39.3 Å². The van der Waals surface area contributed by atoms with Crippen molar-refractivity contribution in [2.24, 2.45) is 11.7 Å². The van der Waals surface area contributed by atoms with Crippen LogP contribution in [0.2, 0.25) is 0 Å². The molecule has 3 atom stereocenters. The first-order chi connectivity index (χ1) is 15.1. The zero-order chi connectivity index (χ0) is 23.6. The number of H-pyrrole nitrogens is 1. The van der Waals surface area contributed by atoms with E-state index in [0.29, 0.717) is 11.8 Å². The fraction of sp³-hybridized carbons (Fsp3) is 0.292. The summed E-state index contributed by atoms with van der Waals surface area (Å²) in [5.74, 6) is -3.54. The Kier molecular flexibility index (Phi) is 6.84. The first-order valence-electron chi connectivity index (χ1n) is 10.3. The largest absolute Gasteiger partial charge is 0.368 e. The Morgan fingerprint density at radius 3 is 2.34 bits per heavy atom. The lowest BCUT2D eigenvalue weighted by Gasteiger charge is -2.26. The summed E-state index contributed by atoms with van der Waals surface area (Å²) in [6.45, 7) is 5.42. The summed E-state index contributed by atoms with van der Waals surface area (Å²) >= 11 is 0. The van der Waals surface area contributed by atoms with Crippen molar-refractivity contribution < 1.29 is 18.4 Å². The number of pyridine rings is 1. The lowest BCUT2D eigenvalue weighted by Crippen LogP contribution is -2.46. The fourth-order valence-electron chi connectivity index (χ4n) is 3.74. The summed E-state index contributed by atoms with van der Waals surface area (Å²) in [6, 6.07) is 6.83. The van der Waals surface area contributed by atoms with Crippen molar-refractivity contribution in [3.63, 3.8) is 0 Å². The van der Waals surface area contributed by atoms with Crippen LogP contribution in [0.1, 0.15) is 54.7 Å². The van der Waals surface area contributed by atoms with Gasteiger partial charge in [-0.1, -0.05) is 32.4 Å². The number of benzene rings is 2. The van der Waals surface area contributed by atoms with E-state index in [2.05, 4.69) is 10.3 Å². The Bertz CT molecular complexity index is 1220. The highest BCUT2D eigenvalue weighted by Gasteiger charge is 2.26. The van der Waals surface area contributed by atoms with E-state index in [-0.39, 0.29) is 22.4 Å². The summed E-state index contributed by atoms with van der Waals surface area (Å²) in [7, 11) is 0. The number of aromatic amines is 1. The molecule has 0 saturated heterocycles. The number of nitrogens with two attached hydrogens (primary N) is 1. The molecule has 1 amide bonds. The van der Waals surface area contributed by atoms with Crippen molar-refractivity contribution in [2.75, 3.05) is 0 Å². The quantitative estimate of drug-likeness (QED) is 0.465. The molecule has 8 heteroatoms. The molecular formula is C24H25F2N3O3. The second kappa shape index (κ2) is 9.40. The molecule has 4 N–H and O–H groups in total. The number of rotatable bonds is 8. The van der Waals surface area contributed by atoms with Gasteiger partial charge in [-0.05, 0) is 48.1 Å². The summed E-state index contributed by atoms with van der Waals surface area (Å²) in [4.78, 5) is 39.3. The fourth-order valence-corrected chi connectivity index (χ4v) is 3.74. The molecule has 0 radical (unpaired) electrons. The Balaban J connectivity index is 1.98. The van der Waals surface area contributed by atoms with Gasteiger partial charge in [0.05, 0.1) is 11.6 Å². The first-order valence-corrected chi connectivity index (χ1v) is 10.3. The van der Waals surface area contributed by atoms with Gasteiger partial charge in [-0.2, -0.15) is 0 Å².